The number of nitrogens with zero attached hydrogens (tertiary/aromatic N) is 3. The lowest BCUT2D eigenvalue weighted by Gasteiger charge is -2.03. The van der Waals surface area contributed by atoms with Crippen LogP contribution in [0.2, 0.25) is 0 Å². The highest BCUT2D eigenvalue weighted by atomic mass is 16.5. The smallest absolute Gasteiger partial charge is 0.232 e. The second-order valence-electron chi connectivity index (χ2n) is 4.34. The molecule has 1 aromatic carbocycles. The molecule has 0 saturated carbocycles. The first kappa shape index (κ1) is 12.3. The number of anilines is 1. The number of hydrogen-bond acceptors (Lipinski definition) is 6. The molecule has 0 spiro atoms. The van der Waals surface area contributed by atoms with Crippen molar-refractivity contribution in [1.29, 1.82) is 0 Å². The van der Waals surface area contributed by atoms with Gasteiger partial charge in [0.05, 0.1) is 12.1 Å². The van der Waals surface area contributed by atoms with Crippen molar-refractivity contribution in [3.8, 4) is 0 Å². The van der Waals surface area contributed by atoms with Crippen molar-refractivity contribution in [2.24, 2.45) is 0 Å². The highest BCUT2D eigenvalue weighted by Crippen LogP contribution is 2.24. The molecule has 0 saturated heterocycles. The Morgan fingerprint density at radius 3 is 2.85 bits per heavy atom. The molecule has 0 bridgehead atoms. The average Bonchev–Trinajstić information content (AvgIpc) is 2.95. The van der Waals surface area contributed by atoms with Crippen LogP contribution in [0.3, 0.4) is 0 Å². The minimum atomic E-state index is -0.243. The molecule has 0 aliphatic heterocycles. The van der Waals surface area contributed by atoms with Gasteiger partial charge in [-0.25, -0.2) is 4.98 Å². The Kier molecular flexibility index (Phi) is 2.94. The van der Waals surface area contributed by atoms with Gasteiger partial charge in [-0.2, -0.15) is 4.98 Å². The molecule has 0 unspecified atom stereocenters. The Morgan fingerprint density at radius 1 is 1.25 bits per heavy atom. The van der Waals surface area contributed by atoms with E-state index >= 15 is 0 Å². The molecule has 2 aromatic heterocycles. The van der Waals surface area contributed by atoms with E-state index in [9.17, 15) is 4.79 Å². The van der Waals surface area contributed by atoms with E-state index in [1.54, 1.807) is 26.0 Å². The SMILES string of the molecule is Cc1nc(CC(=O)Nc2cccc3nc(C)oc23)no1. The molecule has 7 nitrogen and oxygen atoms in total. The van der Waals surface area contributed by atoms with Crippen LogP contribution in [0.1, 0.15) is 17.6 Å². The number of rotatable bonds is 3. The van der Waals surface area contributed by atoms with Crippen molar-refractivity contribution in [3.05, 3.63) is 35.8 Å². The zero-order valence-corrected chi connectivity index (χ0v) is 11.0. The van der Waals surface area contributed by atoms with Crippen molar-refractivity contribution in [2.45, 2.75) is 20.3 Å². The topological polar surface area (TPSA) is 94.1 Å². The van der Waals surface area contributed by atoms with Crippen molar-refractivity contribution in [3.63, 3.8) is 0 Å². The third-order valence-electron chi connectivity index (χ3n) is 2.68. The largest absolute Gasteiger partial charge is 0.439 e. The number of carbonyl (C=O) groups excluding carboxylic acids is 1. The molecule has 0 fully saturated rings. The number of para-hydroxylation sites is 1. The molecule has 1 amide bonds. The fraction of sp³-hybridized carbons (Fsp3) is 0.231. The van der Waals surface area contributed by atoms with Crippen LogP contribution in [0, 0.1) is 13.8 Å². The Morgan fingerprint density at radius 2 is 2.10 bits per heavy atom. The summed E-state index contributed by atoms with van der Waals surface area (Å²) in [7, 11) is 0. The fourth-order valence-corrected chi connectivity index (χ4v) is 1.91. The molecule has 7 heteroatoms. The van der Waals surface area contributed by atoms with Crippen molar-refractivity contribution < 1.29 is 13.7 Å². The van der Waals surface area contributed by atoms with Gasteiger partial charge in [0.2, 0.25) is 11.8 Å². The number of benzene rings is 1. The van der Waals surface area contributed by atoms with Crippen LogP contribution < -0.4 is 5.32 Å². The first-order chi connectivity index (χ1) is 9.61. The molecule has 2 heterocycles. The minimum absolute atomic E-state index is 0.0425. The minimum Gasteiger partial charge on any atom is -0.439 e. The third-order valence-corrected chi connectivity index (χ3v) is 2.68. The van der Waals surface area contributed by atoms with Crippen LogP contribution in [0.15, 0.2) is 27.1 Å². The fourth-order valence-electron chi connectivity index (χ4n) is 1.91. The summed E-state index contributed by atoms with van der Waals surface area (Å²) in [5.41, 5.74) is 1.84. The number of carbonyl (C=O) groups is 1. The van der Waals surface area contributed by atoms with Crippen molar-refractivity contribution >= 4 is 22.7 Å². The summed E-state index contributed by atoms with van der Waals surface area (Å²) in [5, 5.41) is 6.44. The van der Waals surface area contributed by atoms with Gasteiger partial charge in [-0.1, -0.05) is 11.2 Å². The summed E-state index contributed by atoms with van der Waals surface area (Å²) in [5.74, 6) is 1.09. The highest BCUT2D eigenvalue weighted by Gasteiger charge is 2.13. The van der Waals surface area contributed by atoms with Crippen LogP contribution in [-0.2, 0) is 11.2 Å². The van der Waals surface area contributed by atoms with Crippen LogP contribution in [0.4, 0.5) is 5.69 Å². The third kappa shape index (κ3) is 2.37. The molecule has 3 rings (SSSR count). The van der Waals surface area contributed by atoms with Gasteiger partial charge in [0.15, 0.2) is 17.3 Å². The van der Waals surface area contributed by atoms with Crippen molar-refractivity contribution in [1.82, 2.24) is 15.1 Å². The van der Waals surface area contributed by atoms with Gasteiger partial charge in [-0.3, -0.25) is 4.79 Å². The number of nitrogens with one attached hydrogen (secondary N) is 1. The Labute approximate surface area is 114 Å². The van der Waals surface area contributed by atoms with E-state index in [0.29, 0.717) is 34.4 Å². The predicted molar refractivity (Wildman–Crippen MR) is 70.1 cm³/mol. The second kappa shape index (κ2) is 4.76. The summed E-state index contributed by atoms with van der Waals surface area (Å²) < 4.78 is 10.3. The van der Waals surface area contributed by atoms with Gasteiger partial charge in [-0.05, 0) is 12.1 Å². The summed E-state index contributed by atoms with van der Waals surface area (Å²) >= 11 is 0. The van der Waals surface area contributed by atoms with Crippen LogP contribution in [-0.4, -0.2) is 21.0 Å². The monoisotopic (exact) mass is 272 g/mol. The van der Waals surface area contributed by atoms with E-state index < -0.39 is 0 Å². The zero-order chi connectivity index (χ0) is 14.1. The van der Waals surface area contributed by atoms with Gasteiger partial charge in [0.1, 0.15) is 5.52 Å². The number of aryl methyl sites for hydroxylation is 2. The van der Waals surface area contributed by atoms with E-state index in [1.165, 1.54) is 0 Å². The predicted octanol–water partition coefficient (Wildman–Crippen LogP) is 2.01. The molecule has 0 aliphatic carbocycles. The molecular weight excluding hydrogens is 260 g/mol. The molecule has 102 valence electrons. The maximum absolute atomic E-state index is 11.9. The summed E-state index contributed by atoms with van der Waals surface area (Å²) in [6, 6.07) is 5.38. The lowest BCUT2D eigenvalue weighted by Crippen LogP contribution is -2.15. The normalized spacial score (nSPS) is 10.9. The number of hydrogen-bond donors (Lipinski definition) is 1. The molecule has 0 aliphatic rings. The second-order valence-corrected chi connectivity index (χ2v) is 4.34. The van der Waals surface area contributed by atoms with Gasteiger partial charge in [0, 0.05) is 13.8 Å². The molecule has 1 N–H and O–H groups in total. The summed E-state index contributed by atoms with van der Waals surface area (Å²) in [6.45, 7) is 3.43. The van der Waals surface area contributed by atoms with Crippen LogP contribution in [0.25, 0.3) is 11.1 Å². The Hall–Kier alpha value is -2.70. The average molecular weight is 272 g/mol. The van der Waals surface area contributed by atoms with Gasteiger partial charge in [-0.15, -0.1) is 0 Å². The molecule has 20 heavy (non-hydrogen) atoms. The maximum atomic E-state index is 11.9. The molecule has 0 radical (unpaired) electrons. The van der Waals surface area contributed by atoms with E-state index in [1.807, 2.05) is 6.07 Å². The zero-order valence-electron chi connectivity index (χ0n) is 11.0. The van der Waals surface area contributed by atoms with Crippen molar-refractivity contribution in [2.75, 3.05) is 5.32 Å². The lowest BCUT2D eigenvalue weighted by molar-refractivity contribution is -0.115. The number of aromatic nitrogens is 3. The summed E-state index contributed by atoms with van der Waals surface area (Å²) in [4.78, 5) is 20.1. The van der Waals surface area contributed by atoms with Gasteiger partial charge in [0.25, 0.3) is 0 Å². The highest BCUT2D eigenvalue weighted by molar-refractivity contribution is 5.99. The first-order valence-corrected chi connectivity index (χ1v) is 6.07. The standard InChI is InChI=1S/C13H12N4O3/c1-7-14-9-4-3-5-10(13(9)19-7)16-12(18)6-11-15-8(2)20-17-11/h3-5H,6H2,1-2H3,(H,16,18). The summed E-state index contributed by atoms with van der Waals surface area (Å²) in [6.07, 6.45) is 0.0425. The van der Waals surface area contributed by atoms with E-state index in [-0.39, 0.29) is 12.3 Å². The molecular formula is C13H12N4O3. The first-order valence-electron chi connectivity index (χ1n) is 6.07. The Bertz CT molecular complexity index is 775. The lowest BCUT2D eigenvalue weighted by atomic mass is 10.2. The number of fused-ring (bicyclic) bond motifs is 1. The van der Waals surface area contributed by atoms with E-state index in [0.717, 1.165) is 0 Å². The quantitative estimate of drug-likeness (QED) is 0.783. The van der Waals surface area contributed by atoms with E-state index in [4.69, 9.17) is 8.94 Å². The molecule has 3 aromatic rings. The van der Waals surface area contributed by atoms with E-state index in [2.05, 4.69) is 20.4 Å². The Balaban J connectivity index is 1.80. The maximum Gasteiger partial charge on any atom is 0.232 e. The van der Waals surface area contributed by atoms with Crippen LogP contribution in [0.5, 0.6) is 0 Å². The van der Waals surface area contributed by atoms with Crippen LogP contribution >= 0.6 is 0 Å². The van der Waals surface area contributed by atoms with Gasteiger partial charge >= 0.3 is 0 Å². The number of oxazole rings is 1. The number of amides is 1. The van der Waals surface area contributed by atoms with Gasteiger partial charge < -0.3 is 14.3 Å². The molecule has 0 atom stereocenters.